The van der Waals surface area contributed by atoms with Crippen LogP contribution in [0.5, 0.6) is 5.88 Å². The summed E-state index contributed by atoms with van der Waals surface area (Å²) < 4.78 is 5.14. The van der Waals surface area contributed by atoms with E-state index in [1.54, 1.807) is 25.4 Å². The van der Waals surface area contributed by atoms with Gasteiger partial charge in [-0.3, -0.25) is 4.98 Å². The van der Waals surface area contributed by atoms with Gasteiger partial charge in [0.05, 0.1) is 18.2 Å². The largest absolute Gasteiger partial charge is 0.481 e. The molecule has 25 heavy (non-hydrogen) atoms. The zero-order valence-electron chi connectivity index (χ0n) is 13.8. The molecule has 3 N–H and O–H groups in total. The van der Waals surface area contributed by atoms with Crippen molar-refractivity contribution in [1.29, 1.82) is 0 Å². The summed E-state index contributed by atoms with van der Waals surface area (Å²) in [5, 5.41) is 21.9. The van der Waals surface area contributed by atoms with Crippen LogP contribution in [0.25, 0.3) is 11.0 Å². The number of aromatic nitrogens is 2. The van der Waals surface area contributed by atoms with Crippen molar-refractivity contribution in [2.45, 2.75) is 37.3 Å². The van der Waals surface area contributed by atoms with Gasteiger partial charge in [-0.2, -0.15) is 0 Å². The predicted molar refractivity (Wildman–Crippen MR) is 91.3 cm³/mol. The highest BCUT2D eigenvalue weighted by molar-refractivity contribution is 5.81. The summed E-state index contributed by atoms with van der Waals surface area (Å²) in [6, 6.07) is 5.16. The molecule has 0 aromatic carbocycles. The summed E-state index contributed by atoms with van der Waals surface area (Å²) in [6.07, 6.45) is 2.57. The van der Waals surface area contributed by atoms with E-state index in [1.807, 2.05) is 6.07 Å². The summed E-state index contributed by atoms with van der Waals surface area (Å²) in [7, 11) is 1.54. The van der Waals surface area contributed by atoms with Crippen LogP contribution in [0.2, 0.25) is 0 Å². The number of pyridine rings is 2. The van der Waals surface area contributed by atoms with E-state index in [9.17, 15) is 9.90 Å². The number of carboxylic acid groups (broad SMARTS) is 1. The van der Waals surface area contributed by atoms with Crippen LogP contribution in [0.15, 0.2) is 24.4 Å². The molecule has 1 fully saturated rings. The Morgan fingerprint density at radius 3 is 2.80 bits per heavy atom. The van der Waals surface area contributed by atoms with Gasteiger partial charge in [0.15, 0.2) is 0 Å². The highest BCUT2D eigenvalue weighted by Gasteiger charge is 2.32. The normalized spacial score (nSPS) is 22.7. The molecule has 1 aliphatic rings. The zero-order valence-corrected chi connectivity index (χ0v) is 13.8. The van der Waals surface area contributed by atoms with Gasteiger partial charge in [-0.25, -0.2) is 9.78 Å². The Morgan fingerprint density at radius 1 is 1.36 bits per heavy atom. The van der Waals surface area contributed by atoms with E-state index in [1.165, 1.54) is 0 Å². The van der Waals surface area contributed by atoms with Crippen molar-refractivity contribution in [3.63, 3.8) is 0 Å². The van der Waals surface area contributed by atoms with E-state index in [4.69, 9.17) is 9.84 Å². The average Bonchev–Trinajstić information content (AvgIpc) is 2.61. The fourth-order valence-electron chi connectivity index (χ4n) is 2.94. The Hall–Kier alpha value is -2.85. The molecule has 0 unspecified atom stereocenters. The van der Waals surface area contributed by atoms with Crippen LogP contribution in [-0.2, 0) is 0 Å². The van der Waals surface area contributed by atoms with Crippen LogP contribution < -0.4 is 10.1 Å². The number of amides is 1. The Kier molecular flexibility index (Phi) is 4.72. The van der Waals surface area contributed by atoms with Gasteiger partial charge in [-0.15, -0.1) is 0 Å². The summed E-state index contributed by atoms with van der Waals surface area (Å²) >= 11 is 0. The molecule has 1 saturated carbocycles. The first kappa shape index (κ1) is 17.0. The second-order valence-electron chi connectivity index (χ2n) is 6.09. The third-order valence-corrected chi connectivity index (χ3v) is 4.34. The fraction of sp³-hybridized carbons (Fsp3) is 0.389. The third kappa shape index (κ3) is 3.98. The first-order chi connectivity index (χ1) is 12.0. The number of hydrogen-bond acceptors (Lipinski definition) is 5. The van der Waals surface area contributed by atoms with Crippen LogP contribution in [0.1, 0.15) is 31.2 Å². The van der Waals surface area contributed by atoms with Gasteiger partial charge in [-0.05, 0) is 37.8 Å². The van der Waals surface area contributed by atoms with Gasteiger partial charge in [0, 0.05) is 18.3 Å². The monoisotopic (exact) mass is 341 g/mol. The molecule has 130 valence electrons. The van der Waals surface area contributed by atoms with Crippen molar-refractivity contribution in [2.75, 3.05) is 7.11 Å². The molecule has 1 amide bonds. The summed E-state index contributed by atoms with van der Waals surface area (Å²) in [6.45, 7) is 0. The topological polar surface area (TPSA) is 105 Å². The smallest absolute Gasteiger partial charge is 0.404 e. The minimum absolute atomic E-state index is 0.132. The fourth-order valence-corrected chi connectivity index (χ4v) is 2.94. The number of rotatable bonds is 2. The Morgan fingerprint density at radius 2 is 2.12 bits per heavy atom. The van der Waals surface area contributed by atoms with Crippen LogP contribution in [-0.4, -0.2) is 45.0 Å². The summed E-state index contributed by atoms with van der Waals surface area (Å²) in [4.78, 5) is 19.3. The highest BCUT2D eigenvalue weighted by Crippen LogP contribution is 2.28. The van der Waals surface area contributed by atoms with Crippen LogP contribution in [0.4, 0.5) is 4.79 Å². The SMILES string of the molecule is COc1ccc2nccc(C#CC3(O)CCC(NC(=O)O)CC3)c2n1. The van der Waals surface area contributed by atoms with Crippen molar-refractivity contribution in [3.05, 3.63) is 30.0 Å². The molecule has 0 radical (unpaired) electrons. The van der Waals surface area contributed by atoms with Gasteiger partial charge in [0.2, 0.25) is 5.88 Å². The lowest BCUT2D eigenvalue weighted by atomic mass is 9.82. The third-order valence-electron chi connectivity index (χ3n) is 4.34. The molecule has 7 heteroatoms. The molecule has 0 bridgehead atoms. The maximum absolute atomic E-state index is 10.7. The van der Waals surface area contributed by atoms with E-state index < -0.39 is 11.7 Å². The zero-order chi connectivity index (χ0) is 17.9. The molecule has 2 aromatic rings. The predicted octanol–water partition coefficient (Wildman–Crippen LogP) is 1.93. The Bertz CT molecular complexity index is 848. The maximum atomic E-state index is 10.7. The van der Waals surface area contributed by atoms with Gasteiger partial charge in [-0.1, -0.05) is 11.8 Å². The van der Waals surface area contributed by atoms with Crippen molar-refractivity contribution in [1.82, 2.24) is 15.3 Å². The second kappa shape index (κ2) is 6.95. The molecule has 0 atom stereocenters. The van der Waals surface area contributed by atoms with E-state index in [0.29, 0.717) is 48.2 Å². The molecule has 7 nitrogen and oxygen atoms in total. The molecule has 0 saturated heterocycles. The van der Waals surface area contributed by atoms with E-state index in [0.717, 1.165) is 0 Å². The number of hydrogen-bond donors (Lipinski definition) is 3. The highest BCUT2D eigenvalue weighted by atomic mass is 16.5. The van der Waals surface area contributed by atoms with Crippen LogP contribution in [0.3, 0.4) is 0 Å². The quantitative estimate of drug-likeness (QED) is 0.721. The van der Waals surface area contributed by atoms with Crippen molar-refractivity contribution in [2.24, 2.45) is 0 Å². The molecule has 2 heterocycles. The number of methoxy groups -OCH3 is 1. The van der Waals surface area contributed by atoms with E-state index in [2.05, 4.69) is 27.1 Å². The minimum Gasteiger partial charge on any atom is -0.481 e. The molecule has 0 spiro atoms. The first-order valence-electron chi connectivity index (χ1n) is 8.04. The summed E-state index contributed by atoms with van der Waals surface area (Å²) in [5.41, 5.74) is 0.877. The molecule has 2 aromatic heterocycles. The van der Waals surface area contributed by atoms with Gasteiger partial charge in [0.25, 0.3) is 0 Å². The number of nitrogens with zero attached hydrogens (tertiary/aromatic N) is 2. The number of fused-ring (bicyclic) bond motifs is 1. The van der Waals surface area contributed by atoms with Crippen LogP contribution in [0, 0.1) is 11.8 Å². The lowest BCUT2D eigenvalue weighted by molar-refractivity contribution is 0.0509. The van der Waals surface area contributed by atoms with Crippen LogP contribution >= 0.6 is 0 Å². The molecule has 0 aliphatic heterocycles. The molecule has 1 aliphatic carbocycles. The molecular formula is C18H19N3O4. The number of ether oxygens (including phenoxy) is 1. The first-order valence-corrected chi connectivity index (χ1v) is 8.04. The Labute approximate surface area is 145 Å². The second-order valence-corrected chi connectivity index (χ2v) is 6.09. The van der Waals surface area contributed by atoms with Gasteiger partial charge in [0.1, 0.15) is 11.1 Å². The van der Waals surface area contributed by atoms with Gasteiger partial charge >= 0.3 is 6.09 Å². The van der Waals surface area contributed by atoms with E-state index >= 15 is 0 Å². The average molecular weight is 341 g/mol. The summed E-state index contributed by atoms with van der Waals surface area (Å²) in [5.74, 6) is 6.42. The maximum Gasteiger partial charge on any atom is 0.404 e. The lowest BCUT2D eigenvalue weighted by Gasteiger charge is -2.32. The number of nitrogens with one attached hydrogen (secondary N) is 1. The lowest BCUT2D eigenvalue weighted by Crippen LogP contribution is -2.42. The van der Waals surface area contributed by atoms with Crippen molar-refractivity contribution >= 4 is 17.1 Å². The van der Waals surface area contributed by atoms with Crippen molar-refractivity contribution < 1.29 is 19.7 Å². The van der Waals surface area contributed by atoms with Gasteiger partial charge < -0.3 is 20.3 Å². The standard InChI is InChI=1S/C18H19N3O4/c1-25-15-3-2-14-16(21-15)12(7-11-19-14)4-8-18(24)9-5-13(6-10-18)20-17(22)23/h2-3,7,11,13,20,24H,5-6,9-10H2,1H3,(H,22,23). The number of carbonyl (C=O) groups is 1. The Balaban J connectivity index is 1.82. The number of aliphatic hydroxyl groups is 1. The van der Waals surface area contributed by atoms with E-state index in [-0.39, 0.29) is 6.04 Å². The molecule has 3 rings (SSSR count). The molecular weight excluding hydrogens is 322 g/mol. The van der Waals surface area contributed by atoms with Crippen molar-refractivity contribution in [3.8, 4) is 17.7 Å². The minimum atomic E-state index is -1.12.